The largest absolute Gasteiger partial charge is 0.469 e. The number of aliphatic hydroxyl groups is 2. The Hall–Kier alpha value is -0.870. The maximum absolute atomic E-state index is 11.3. The van der Waals surface area contributed by atoms with E-state index in [9.17, 15) is 15.0 Å². The van der Waals surface area contributed by atoms with E-state index in [1.807, 2.05) is 6.08 Å². The molecular weight excluding hydrogens is 304 g/mol. The summed E-state index contributed by atoms with van der Waals surface area (Å²) in [6.07, 6.45) is 11.7. The van der Waals surface area contributed by atoms with Crippen LogP contribution in [0.5, 0.6) is 0 Å². The van der Waals surface area contributed by atoms with Gasteiger partial charge in [0.05, 0.1) is 19.3 Å². The van der Waals surface area contributed by atoms with Crippen LogP contribution in [0.2, 0.25) is 0 Å². The molecule has 4 nitrogen and oxygen atoms in total. The molecule has 0 radical (unpaired) electrons. The molecule has 1 aliphatic carbocycles. The molecule has 0 aromatic rings. The van der Waals surface area contributed by atoms with Crippen molar-refractivity contribution in [3.8, 4) is 0 Å². The Balaban J connectivity index is 2.33. The van der Waals surface area contributed by atoms with Gasteiger partial charge in [0.15, 0.2) is 0 Å². The molecule has 0 amide bonds. The third-order valence-corrected chi connectivity index (χ3v) is 5.25. The molecular formula is C20H36O4. The fourth-order valence-corrected chi connectivity index (χ4v) is 3.60. The molecule has 0 saturated carbocycles. The van der Waals surface area contributed by atoms with Crippen molar-refractivity contribution in [3.63, 3.8) is 0 Å². The molecule has 140 valence electrons. The first-order valence-electron chi connectivity index (χ1n) is 9.59. The van der Waals surface area contributed by atoms with Crippen LogP contribution in [0.3, 0.4) is 0 Å². The van der Waals surface area contributed by atoms with E-state index in [0.717, 1.165) is 38.5 Å². The first-order valence-corrected chi connectivity index (χ1v) is 9.59. The Kier molecular flexibility index (Phi) is 10.3. The van der Waals surface area contributed by atoms with Gasteiger partial charge in [-0.25, -0.2) is 0 Å². The van der Waals surface area contributed by atoms with Crippen molar-refractivity contribution >= 4 is 5.97 Å². The fourth-order valence-electron chi connectivity index (χ4n) is 3.60. The summed E-state index contributed by atoms with van der Waals surface area (Å²) >= 11 is 0. The molecule has 1 rings (SSSR count). The Labute approximate surface area is 147 Å². The quantitative estimate of drug-likeness (QED) is 0.322. The number of rotatable bonds is 12. The Morgan fingerprint density at radius 3 is 2.58 bits per heavy atom. The number of methoxy groups -OCH3 is 1. The molecule has 0 aromatic carbocycles. The third-order valence-electron chi connectivity index (χ3n) is 5.25. The second-order valence-corrected chi connectivity index (χ2v) is 7.39. The van der Waals surface area contributed by atoms with Gasteiger partial charge in [-0.2, -0.15) is 0 Å². The maximum atomic E-state index is 11.3. The third kappa shape index (κ3) is 7.80. The normalized spacial score (nSPS) is 25.6. The van der Waals surface area contributed by atoms with Crippen molar-refractivity contribution in [3.05, 3.63) is 12.2 Å². The SMILES string of the molecule is CCCCCC(O)CCC1C=CC(O)C1CCC(C)CC(=O)OC. The lowest BCUT2D eigenvalue weighted by atomic mass is 9.83. The minimum atomic E-state index is -0.391. The number of hydrogen-bond donors (Lipinski definition) is 2. The van der Waals surface area contributed by atoms with Crippen LogP contribution in [0.25, 0.3) is 0 Å². The maximum Gasteiger partial charge on any atom is 0.305 e. The molecule has 0 saturated heterocycles. The lowest BCUT2D eigenvalue weighted by Gasteiger charge is -2.24. The van der Waals surface area contributed by atoms with Gasteiger partial charge >= 0.3 is 5.97 Å². The summed E-state index contributed by atoms with van der Waals surface area (Å²) < 4.78 is 4.71. The van der Waals surface area contributed by atoms with Crippen LogP contribution in [-0.2, 0) is 9.53 Å². The van der Waals surface area contributed by atoms with Gasteiger partial charge in [0.1, 0.15) is 0 Å². The van der Waals surface area contributed by atoms with Gasteiger partial charge in [-0.1, -0.05) is 45.3 Å². The fraction of sp³-hybridized carbons (Fsp3) is 0.850. The second-order valence-electron chi connectivity index (χ2n) is 7.39. The monoisotopic (exact) mass is 340 g/mol. The predicted octanol–water partition coefficient (Wildman–Crippen LogP) is 3.85. The van der Waals surface area contributed by atoms with E-state index in [2.05, 4.69) is 19.9 Å². The topological polar surface area (TPSA) is 66.8 Å². The van der Waals surface area contributed by atoms with Gasteiger partial charge in [0, 0.05) is 6.42 Å². The molecule has 2 N–H and O–H groups in total. The van der Waals surface area contributed by atoms with Crippen molar-refractivity contribution < 1.29 is 19.7 Å². The van der Waals surface area contributed by atoms with Crippen LogP contribution in [0.4, 0.5) is 0 Å². The van der Waals surface area contributed by atoms with Crippen molar-refractivity contribution in [2.75, 3.05) is 7.11 Å². The molecule has 0 aliphatic heterocycles. The highest BCUT2D eigenvalue weighted by molar-refractivity contribution is 5.69. The second kappa shape index (κ2) is 11.6. The molecule has 0 spiro atoms. The molecule has 0 bridgehead atoms. The number of carbonyl (C=O) groups excluding carboxylic acids is 1. The summed E-state index contributed by atoms with van der Waals surface area (Å²) in [5.74, 6) is 0.656. The van der Waals surface area contributed by atoms with E-state index in [4.69, 9.17) is 4.74 Å². The standard InChI is InChI=1S/C20H36O4/c1-4-5-6-7-17(21)11-9-16-10-13-19(22)18(16)12-8-15(2)14-20(23)24-3/h10,13,15-19,21-22H,4-9,11-12,14H2,1-3H3. The highest BCUT2D eigenvalue weighted by Gasteiger charge is 2.30. The summed E-state index contributed by atoms with van der Waals surface area (Å²) in [5.41, 5.74) is 0. The molecule has 1 aliphatic rings. The predicted molar refractivity (Wildman–Crippen MR) is 96.5 cm³/mol. The van der Waals surface area contributed by atoms with Gasteiger partial charge in [-0.15, -0.1) is 0 Å². The van der Waals surface area contributed by atoms with E-state index < -0.39 is 6.10 Å². The average Bonchev–Trinajstić information content (AvgIpc) is 2.91. The molecule has 4 heteroatoms. The Morgan fingerprint density at radius 1 is 1.17 bits per heavy atom. The van der Waals surface area contributed by atoms with Gasteiger partial charge < -0.3 is 14.9 Å². The average molecular weight is 341 g/mol. The van der Waals surface area contributed by atoms with Gasteiger partial charge in [0.2, 0.25) is 0 Å². The van der Waals surface area contributed by atoms with Crippen LogP contribution >= 0.6 is 0 Å². The number of esters is 1. The number of carbonyl (C=O) groups is 1. The lowest BCUT2D eigenvalue weighted by Crippen LogP contribution is -2.22. The number of hydrogen-bond acceptors (Lipinski definition) is 4. The van der Waals surface area contributed by atoms with Crippen molar-refractivity contribution in [1.29, 1.82) is 0 Å². The Morgan fingerprint density at radius 2 is 1.92 bits per heavy atom. The van der Waals surface area contributed by atoms with Crippen LogP contribution in [-0.4, -0.2) is 35.5 Å². The van der Waals surface area contributed by atoms with Gasteiger partial charge in [-0.05, 0) is 49.9 Å². The van der Waals surface area contributed by atoms with Crippen molar-refractivity contribution in [2.24, 2.45) is 17.8 Å². The van der Waals surface area contributed by atoms with Gasteiger partial charge in [-0.3, -0.25) is 4.79 Å². The number of allylic oxidation sites excluding steroid dienone is 1. The minimum Gasteiger partial charge on any atom is -0.469 e. The van der Waals surface area contributed by atoms with Crippen molar-refractivity contribution in [1.82, 2.24) is 0 Å². The number of ether oxygens (including phenoxy) is 1. The first-order chi connectivity index (χ1) is 11.5. The summed E-state index contributed by atoms with van der Waals surface area (Å²) in [7, 11) is 1.42. The molecule has 0 aromatic heterocycles. The summed E-state index contributed by atoms with van der Waals surface area (Å²) in [5, 5.41) is 20.3. The number of aliphatic hydroxyl groups excluding tert-OH is 2. The van der Waals surface area contributed by atoms with Crippen LogP contribution in [0, 0.1) is 17.8 Å². The molecule has 5 atom stereocenters. The van der Waals surface area contributed by atoms with E-state index in [-0.39, 0.29) is 23.9 Å². The zero-order chi connectivity index (χ0) is 17.9. The molecule has 24 heavy (non-hydrogen) atoms. The highest BCUT2D eigenvalue weighted by atomic mass is 16.5. The van der Waals surface area contributed by atoms with E-state index in [0.29, 0.717) is 12.3 Å². The summed E-state index contributed by atoms with van der Waals surface area (Å²) in [6.45, 7) is 4.22. The first kappa shape index (κ1) is 21.2. The van der Waals surface area contributed by atoms with Crippen LogP contribution in [0.1, 0.15) is 71.6 Å². The lowest BCUT2D eigenvalue weighted by molar-refractivity contribution is -0.141. The Bertz CT molecular complexity index is 380. The van der Waals surface area contributed by atoms with E-state index in [1.165, 1.54) is 20.0 Å². The zero-order valence-corrected chi connectivity index (χ0v) is 15.6. The summed E-state index contributed by atoms with van der Waals surface area (Å²) in [6, 6.07) is 0. The molecule has 0 fully saturated rings. The highest BCUT2D eigenvalue weighted by Crippen LogP contribution is 2.34. The molecule has 0 heterocycles. The van der Waals surface area contributed by atoms with E-state index >= 15 is 0 Å². The van der Waals surface area contributed by atoms with E-state index in [1.54, 1.807) is 0 Å². The van der Waals surface area contributed by atoms with Crippen LogP contribution in [0.15, 0.2) is 12.2 Å². The zero-order valence-electron chi connectivity index (χ0n) is 15.6. The molecule has 5 unspecified atom stereocenters. The smallest absolute Gasteiger partial charge is 0.305 e. The minimum absolute atomic E-state index is 0.167. The summed E-state index contributed by atoms with van der Waals surface area (Å²) in [4.78, 5) is 11.3. The van der Waals surface area contributed by atoms with Gasteiger partial charge in [0.25, 0.3) is 0 Å². The number of unbranched alkanes of at least 4 members (excludes halogenated alkanes) is 2. The van der Waals surface area contributed by atoms with Crippen LogP contribution < -0.4 is 0 Å². The van der Waals surface area contributed by atoms with Crippen molar-refractivity contribution in [2.45, 2.75) is 83.8 Å².